The molecule has 2 fully saturated rings. The van der Waals surface area contributed by atoms with Crippen molar-refractivity contribution in [3.05, 3.63) is 54.2 Å². The normalized spacial score (nSPS) is 18.9. The van der Waals surface area contributed by atoms with Gasteiger partial charge >= 0.3 is 6.03 Å². The van der Waals surface area contributed by atoms with E-state index in [2.05, 4.69) is 32.4 Å². The third-order valence-corrected chi connectivity index (χ3v) is 9.46. The van der Waals surface area contributed by atoms with Gasteiger partial charge in [-0.15, -0.1) is 0 Å². The fourth-order valence-electron chi connectivity index (χ4n) is 4.56. The van der Waals surface area contributed by atoms with Gasteiger partial charge in [-0.2, -0.15) is 0 Å². The summed E-state index contributed by atoms with van der Waals surface area (Å²) < 4.78 is 30.7. The number of H-pyrrole nitrogens is 1. The van der Waals surface area contributed by atoms with Crippen molar-refractivity contribution in [3.8, 4) is 11.4 Å². The lowest BCUT2D eigenvalue weighted by Gasteiger charge is -2.34. The van der Waals surface area contributed by atoms with E-state index in [1.165, 1.54) is 0 Å². The summed E-state index contributed by atoms with van der Waals surface area (Å²) in [5.41, 5.74) is 1.88. The summed E-state index contributed by atoms with van der Waals surface area (Å²) in [7, 11) is -3.34. The van der Waals surface area contributed by atoms with Gasteiger partial charge in [-0.05, 0) is 44.0 Å². The molecule has 1 saturated carbocycles. The average molecular weight is 526 g/mol. The maximum absolute atomic E-state index is 13.0. The monoisotopic (exact) mass is 525 g/mol. The maximum Gasteiger partial charge on any atom is 0.319 e. The number of rotatable bonds is 8. The molecule has 2 amide bonds. The molecule has 1 aromatic carbocycles. The molecule has 0 spiro atoms. The van der Waals surface area contributed by atoms with Gasteiger partial charge in [-0.1, -0.05) is 6.92 Å². The molecule has 0 radical (unpaired) electrons. The minimum absolute atomic E-state index is 0.0674. The molecule has 37 heavy (non-hydrogen) atoms. The molecule has 196 valence electrons. The molecule has 2 aromatic heterocycles. The predicted octanol–water partition coefficient (Wildman–Crippen LogP) is 2.84. The van der Waals surface area contributed by atoms with Crippen LogP contribution in [0, 0.1) is 0 Å². The van der Waals surface area contributed by atoms with Crippen molar-refractivity contribution in [1.82, 2.24) is 25.3 Å². The Hall–Kier alpha value is -3.51. The lowest BCUT2D eigenvalue weighted by molar-refractivity contribution is 0.0985. The fraction of sp³-hybridized carbons (Fsp3) is 0.440. The summed E-state index contributed by atoms with van der Waals surface area (Å²) in [6.45, 7) is 5.85. The van der Waals surface area contributed by atoms with Gasteiger partial charge in [0.15, 0.2) is 15.7 Å². The van der Waals surface area contributed by atoms with Crippen LogP contribution in [0.4, 0.5) is 16.3 Å². The van der Waals surface area contributed by atoms with E-state index >= 15 is 0 Å². The third-order valence-electron chi connectivity index (χ3n) is 6.89. The van der Waals surface area contributed by atoms with Gasteiger partial charge in [-0.3, -0.25) is 0 Å². The SMILES string of the molecule is CCS(=O)(=O)C1(c2cc(N3CCOC[C@@H]3C)nc(-c3ccc(NC(=O)NCc4ncc[nH]4)cc3)n2)CC1. The number of imidazole rings is 1. The third kappa shape index (κ3) is 5.16. The lowest BCUT2D eigenvalue weighted by Crippen LogP contribution is -2.44. The highest BCUT2D eigenvalue weighted by Crippen LogP contribution is 2.53. The number of urea groups is 1. The molecule has 3 N–H and O–H groups in total. The van der Waals surface area contributed by atoms with Crippen LogP contribution in [0.5, 0.6) is 0 Å². The number of aromatic nitrogens is 4. The summed E-state index contributed by atoms with van der Waals surface area (Å²) >= 11 is 0. The minimum Gasteiger partial charge on any atom is -0.377 e. The van der Waals surface area contributed by atoms with E-state index in [0.717, 1.165) is 5.56 Å². The smallest absolute Gasteiger partial charge is 0.319 e. The van der Waals surface area contributed by atoms with Gasteiger partial charge in [0.05, 0.1) is 31.5 Å². The molecule has 0 unspecified atom stereocenters. The molecule has 2 aliphatic rings. The van der Waals surface area contributed by atoms with Crippen LogP contribution in [0.15, 0.2) is 42.7 Å². The van der Waals surface area contributed by atoms with Crippen LogP contribution < -0.4 is 15.5 Å². The first-order valence-electron chi connectivity index (χ1n) is 12.4. The number of sulfone groups is 1. The van der Waals surface area contributed by atoms with Crippen molar-refractivity contribution < 1.29 is 17.9 Å². The summed E-state index contributed by atoms with van der Waals surface area (Å²) in [5.74, 6) is 1.88. The second kappa shape index (κ2) is 10.1. The van der Waals surface area contributed by atoms with Crippen LogP contribution in [0.3, 0.4) is 0 Å². The molecule has 12 heteroatoms. The van der Waals surface area contributed by atoms with Crippen molar-refractivity contribution in [2.24, 2.45) is 0 Å². The zero-order valence-electron chi connectivity index (χ0n) is 20.9. The zero-order valence-corrected chi connectivity index (χ0v) is 21.7. The highest BCUT2D eigenvalue weighted by atomic mass is 32.2. The van der Waals surface area contributed by atoms with Gasteiger partial charge in [0, 0.05) is 42.0 Å². The van der Waals surface area contributed by atoms with Crippen LogP contribution in [-0.4, -0.2) is 65.9 Å². The molecule has 3 heterocycles. The second-order valence-corrected chi connectivity index (χ2v) is 12.0. The van der Waals surface area contributed by atoms with E-state index in [-0.39, 0.29) is 24.4 Å². The van der Waals surface area contributed by atoms with Crippen molar-refractivity contribution >= 4 is 27.4 Å². The Balaban J connectivity index is 1.41. The first-order valence-corrected chi connectivity index (χ1v) is 14.1. The van der Waals surface area contributed by atoms with Crippen LogP contribution in [0.2, 0.25) is 0 Å². The Morgan fingerprint density at radius 1 is 1.24 bits per heavy atom. The van der Waals surface area contributed by atoms with Gasteiger partial charge in [-0.25, -0.2) is 28.2 Å². The summed E-state index contributed by atoms with van der Waals surface area (Å²) in [5, 5.41) is 5.53. The Morgan fingerprint density at radius 2 is 2.03 bits per heavy atom. The Labute approximate surface area is 216 Å². The van der Waals surface area contributed by atoms with Crippen LogP contribution in [0.1, 0.15) is 38.2 Å². The number of hydrogen-bond donors (Lipinski definition) is 3. The number of benzene rings is 1. The van der Waals surface area contributed by atoms with E-state index in [1.807, 2.05) is 18.2 Å². The van der Waals surface area contributed by atoms with Crippen LogP contribution in [-0.2, 0) is 25.9 Å². The van der Waals surface area contributed by atoms with E-state index in [9.17, 15) is 13.2 Å². The van der Waals surface area contributed by atoms with Gasteiger partial charge in [0.1, 0.15) is 16.4 Å². The fourth-order valence-corrected chi connectivity index (χ4v) is 6.26. The summed E-state index contributed by atoms with van der Waals surface area (Å²) in [6, 6.07) is 8.77. The molecule has 0 bridgehead atoms. The highest BCUT2D eigenvalue weighted by Gasteiger charge is 2.56. The molecule has 1 atom stereocenters. The number of amides is 2. The predicted molar refractivity (Wildman–Crippen MR) is 140 cm³/mol. The molecule has 5 rings (SSSR count). The van der Waals surface area contributed by atoms with E-state index in [0.29, 0.717) is 61.4 Å². The minimum atomic E-state index is -3.34. The molecule has 3 aromatic rings. The topological polar surface area (TPSA) is 142 Å². The Kier molecular flexibility index (Phi) is 6.86. The maximum atomic E-state index is 13.0. The molecular weight excluding hydrogens is 494 g/mol. The second-order valence-electron chi connectivity index (χ2n) is 9.37. The summed E-state index contributed by atoms with van der Waals surface area (Å²) in [6.07, 6.45) is 4.44. The van der Waals surface area contributed by atoms with Crippen molar-refractivity contribution in [3.63, 3.8) is 0 Å². The summed E-state index contributed by atoms with van der Waals surface area (Å²) in [4.78, 5) is 31.0. The molecular formula is C25H31N7O4S. The molecule has 1 aliphatic carbocycles. The van der Waals surface area contributed by atoms with E-state index in [4.69, 9.17) is 14.7 Å². The number of nitrogens with zero attached hydrogens (tertiary/aromatic N) is 4. The van der Waals surface area contributed by atoms with Crippen molar-refractivity contribution in [2.45, 2.75) is 44.0 Å². The standard InChI is InChI=1S/C25H31N7O4S/c1-3-37(34,35)25(8-9-25)20-14-22(32-12-13-36-16-17(32)2)31-23(30-20)18-4-6-19(7-5-18)29-24(33)28-15-21-26-10-11-27-21/h4-7,10-11,14,17H,3,8-9,12-13,15-16H2,1-2H3,(H,26,27)(H2,28,29,33)/t17-/m0/s1. The van der Waals surface area contributed by atoms with Gasteiger partial charge in [0.2, 0.25) is 0 Å². The highest BCUT2D eigenvalue weighted by molar-refractivity contribution is 7.92. The number of hydrogen-bond acceptors (Lipinski definition) is 8. The number of carbonyl (C=O) groups is 1. The molecule has 1 saturated heterocycles. The Morgan fingerprint density at radius 3 is 2.68 bits per heavy atom. The first kappa shape index (κ1) is 25.2. The average Bonchev–Trinajstić information content (AvgIpc) is 3.58. The number of carbonyl (C=O) groups excluding carboxylic acids is 1. The van der Waals surface area contributed by atoms with Gasteiger partial charge < -0.3 is 25.3 Å². The lowest BCUT2D eigenvalue weighted by atomic mass is 10.1. The molecule has 1 aliphatic heterocycles. The largest absolute Gasteiger partial charge is 0.377 e. The number of ether oxygens (including phenoxy) is 1. The van der Waals surface area contributed by atoms with E-state index < -0.39 is 14.6 Å². The van der Waals surface area contributed by atoms with E-state index in [1.54, 1.807) is 31.5 Å². The number of anilines is 2. The van der Waals surface area contributed by atoms with Crippen LogP contribution >= 0.6 is 0 Å². The van der Waals surface area contributed by atoms with Gasteiger partial charge in [0.25, 0.3) is 0 Å². The quantitative estimate of drug-likeness (QED) is 0.408. The first-order chi connectivity index (χ1) is 17.8. The zero-order chi connectivity index (χ0) is 26.0. The Bertz CT molecular complexity index is 1360. The number of nitrogens with one attached hydrogen (secondary N) is 3. The number of morpholine rings is 1. The van der Waals surface area contributed by atoms with Crippen molar-refractivity contribution in [2.75, 3.05) is 35.7 Å². The van der Waals surface area contributed by atoms with Crippen LogP contribution in [0.25, 0.3) is 11.4 Å². The number of aromatic amines is 1. The molecule has 11 nitrogen and oxygen atoms in total. The van der Waals surface area contributed by atoms with Crippen molar-refractivity contribution in [1.29, 1.82) is 0 Å².